The number of aliphatic carboxylic acids is 1. The number of hydrogen-bond donors (Lipinski definition) is 2. The molecule has 20 heavy (non-hydrogen) atoms. The van der Waals surface area contributed by atoms with Crippen LogP contribution in [0.2, 0.25) is 0 Å². The fraction of sp³-hybridized carbons (Fsp3) is 0.941. The molecular formula is C17H29NO2. The van der Waals surface area contributed by atoms with E-state index in [1.165, 1.54) is 38.5 Å². The number of nitrogens with one attached hydrogen (secondary N) is 1. The first kappa shape index (κ1) is 14.4. The van der Waals surface area contributed by atoms with E-state index in [-0.39, 0.29) is 17.5 Å². The van der Waals surface area contributed by atoms with Crippen molar-refractivity contribution in [2.75, 3.05) is 0 Å². The van der Waals surface area contributed by atoms with Crippen molar-refractivity contribution < 1.29 is 9.90 Å². The Hall–Kier alpha value is -0.570. The first-order valence-electron chi connectivity index (χ1n) is 8.15. The molecule has 4 aliphatic carbocycles. The van der Waals surface area contributed by atoms with Crippen LogP contribution in [-0.4, -0.2) is 22.7 Å². The molecule has 4 atom stereocenters. The third kappa shape index (κ3) is 2.28. The summed E-state index contributed by atoms with van der Waals surface area (Å²) >= 11 is 0. The second-order valence-electron chi connectivity index (χ2n) is 8.97. The van der Waals surface area contributed by atoms with Gasteiger partial charge in [0, 0.05) is 11.6 Å². The standard InChI is InChI=1S/C17H29NO2/c1-11(14(19)20)12(2)18-17-7-13-5-15(3,9-17)8-16(4,6-13)10-17/h11-13,18H,5-10H2,1-4H3,(H,19,20). The molecule has 0 aromatic rings. The topological polar surface area (TPSA) is 49.3 Å². The average molecular weight is 279 g/mol. The molecule has 0 aromatic heterocycles. The van der Waals surface area contributed by atoms with Gasteiger partial charge in [-0.1, -0.05) is 20.8 Å². The van der Waals surface area contributed by atoms with Crippen LogP contribution < -0.4 is 5.32 Å². The maximum atomic E-state index is 11.2. The monoisotopic (exact) mass is 279 g/mol. The predicted molar refractivity (Wildman–Crippen MR) is 79.5 cm³/mol. The lowest BCUT2D eigenvalue weighted by atomic mass is 9.42. The predicted octanol–water partition coefficient (Wildman–Crippen LogP) is 3.43. The van der Waals surface area contributed by atoms with E-state index in [4.69, 9.17) is 0 Å². The van der Waals surface area contributed by atoms with Crippen LogP contribution in [0.25, 0.3) is 0 Å². The van der Waals surface area contributed by atoms with Gasteiger partial charge in [-0.3, -0.25) is 4.79 Å². The number of carbonyl (C=O) groups is 1. The molecule has 0 heterocycles. The van der Waals surface area contributed by atoms with Gasteiger partial charge < -0.3 is 10.4 Å². The van der Waals surface area contributed by atoms with E-state index in [2.05, 4.69) is 19.2 Å². The fourth-order valence-corrected chi connectivity index (χ4v) is 6.43. The Kier molecular flexibility index (Phi) is 3.03. The maximum absolute atomic E-state index is 11.2. The fourth-order valence-electron chi connectivity index (χ4n) is 6.43. The number of rotatable bonds is 4. The van der Waals surface area contributed by atoms with Crippen LogP contribution >= 0.6 is 0 Å². The Bertz CT molecular complexity index is 415. The molecule has 0 amide bonds. The Morgan fingerprint density at radius 3 is 2.10 bits per heavy atom. The molecule has 4 saturated carbocycles. The summed E-state index contributed by atoms with van der Waals surface area (Å²) < 4.78 is 0. The van der Waals surface area contributed by atoms with Crippen molar-refractivity contribution in [3.63, 3.8) is 0 Å². The first-order chi connectivity index (χ1) is 9.14. The van der Waals surface area contributed by atoms with Gasteiger partial charge in [0.2, 0.25) is 0 Å². The van der Waals surface area contributed by atoms with Crippen molar-refractivity contribution in [1.29, 1.82) is 0 Å². The summed E-state index contributed by atoms with van der Waals surface area (Å²) in [4.78, 5) is 11.2. The van der Waals surface area contributed by atoms with Gasteiger partial charge in [0.15, 0.2) is 0 Å². The van der Waals surface area contributed by atoms with Crippen LogP contribution in [0.3, 0.4) is 0 Å². The first-order valence-corrected chi connectivity index (χ1v) is 8.15. The lowest BCUT2D eigenvalue weighted by Crippen LogP contribution is -2.66. The Morgan fingerprint density at radius 2 is 1.65 bits per heavy atom. The van der Waals surface area contributed by atoms with Crippen LogP contribution in [0.1, 0.15) is 66.2 Å². The summed E-state index contributed by atoms with van der Waals surface area (Å²) in [6.45, 7) is 8.78. The highest BCUT2D eigenvalue weighted by Crippen LogP contribution is 2.66. The molecule has 4 unspecified atom stereocenters. The molecule has 3 nitrogen and oxygen atoms in total. The molecule has 114 valence electrons. The van der Waals surface area contributed by atoms with Crippen LogP contribution in [-0.2, 0) is 4.79 Å². The summed E-state index contributed by atoms with van der Waals surface area (Å²) in [7, 11) is 0. The second kappa shape index (κ2) is 4.22. The highest BCUT2D eigenvalue weighted by molar-refractivity contribution is 5.70. The molecule has 4 rings (SSSR count). The third-order valence-electron chi connectivity index (χ3n) is 6.30. The molecule has 0 spiro atoms. The van der Waals surface area contributed by atoms with Gasteiger partial charge in [0.1, 0.15) is 0 Å². The van der Waals surface area contributed by atoms with E-state index in [0.717, 1.165) is 5.92 Å². The molecule has 0 saturated heterocycles. The Balaban J connectivity index is 1.81. The van der Waals surface area contributed by atoms with E-state index in [1.807, 2.05) is 13.8 Å². The lowest BCUT2D eigenvalue weighted by Gasteiger charge is -2.66. The number of carboxylic acid groups (broad SMARTS) is 1. The Labute approximate surface area is 122 Å². The van der Waals surface area contributed by atoms with Gasteiger partial charge in [0.05, 0.1) is 5.92 Å². The van der Waals surface area contributed by atoms with E-state index >= 15 is 0 Å². The normalized spacial score (nSPS) is 49.1. The average Bonchev–Trinajstić information content (AvgIpc) is 2.21. The molecular weight excluding hydrogens is 250 g/mol. The van der Waals surface area contributed by atoms with Crippen molar-refractivity contribution in [3.05, 3.63) is 0 Å². The number of hydrogen-bond acceptors (Lipinski definition) is 2. The third-order valence-corrected chi connectivity index (χ3v) is 6.30. The van der Waals surface area contributed by atoms with Crippen LogP contribution in [0.15, 0.2) is 0 Å². The lowest BCUT2D eigenvalue weighted by molar-refractivity contribution is -0.144. The number of carboxylic acids is 1. The largest absolute Gasteiger partial charge is 0.481 e. The molecule has 4 fully saturated rings. The van der Waals surface area contributed by atoms with Crippen LogP contribution in [0.5, 0.6) is 0 Å². The summed E-state index contributed by atoms with van der Waals surface area (Å²) in [6, 6.07) is 0.0518. The molecule has 0 aliphatic heterocycles. The maximum Gasteiger partial charge on any atom is 0.307 e. The van der Waals surface area contributed by atoms with E-state index in [9.17, 15) is 9.90 Å². The van der Waals surface area contributed by atoms with Crippen LogP contribution in [0.4, 0.5) is 0 Å². The molecule has 0 radical (unpaired) electrons. The van der Waals surface area contributed by atoms with Crippen molar-refractivity contribution >= 4 is 5.97 Å². The zero-order valence-corrected chi connectivity index (χ0v) is 13.3. The van der Waals surface area contributed by atoms with Crippen molar-refractivity contribution in [2.45, 2.75) is 77.8 Å². The van der Waals surface area contributed by atoms with E-state index in [0.29, 0.717) is 10.8 Å². The summed E-state index contributed by atoms with van der Waals surface area (Å²) in [5, 5.41) is 13.0. The van der Waals surface area contributed by atoms with Gasteiger partial charge in [-0.2, -0.15) is 0 Å². The zero-order valence-electron chi connectivity index (χ0n) is 13.3. The van der Waals surface area contributed by atoms with E-state index in [1.54, 1.807) is 0 Å². The van der Waals surface area contributed by atoms with Crippen molar-refractivity contribution in [2.24, 2.45) is 22.7 Å². The molecule has 3 heteroatoms. The van der Waals surface area contributed by atoms with Crippen molar-refractivity contribution in [1.82, 2.24) is 5.32 Å². The smallest absolute Gasteiger partial charge is 0.307 e. The Morgan fingerprint density at radius 1 is 1.10 bits per heavy atom. The highest BCUT2D eigenvalue weighted by atomic mass is 16.4. The van der Waals surface area contributed by atoms with E-state index < -0.39 is 5.97 Å². The summed E-state index contributed by atoms with van der Waals surface area (Å²) in [5.41, 5.74) is 1.16. The minimum atomic E-state index is -0.688. The molecule has 0 aromatic carbocycles. The minimum Gasteiger partial charge on any atom is -0.481 e. The summed E-state index contributed by atoms with van der Waals surface area (Å²) in [6.07, 6.45) is 7.87. The van der Waals surface area contributed by atoms with Crippen LogP contribution in [0, 0.1) is 22.7 Å². The SMILES string of the molecule is CC(NC12CC3CC(C)(CC(C)(C3)C1)C2)C(C)C(=O)O. The quantitative estimate of drug-likeness (QED) is 0.829. The van der Waals surface area contributed by atoms with Crippen molar-refractivity contribution in [3.8, 4) is 0 Å². The zero-order chi connectivity index (χ0) is 14.8. The summed E-state index contributed by atoms with van der Waals surface area (Å²) in [5.74, 6) is -0.156. The second-order valence-corrected chi connectivity index (χ2v) is 8.97. The molecule has 4 bridgehead atoms. The van der Waals surface area contributed by atoms with Gasteiger partial charge in [-0.05, 0) is 62.2 Å². The molecule has 2 N–H and O–H groups in total. The van der Waals surface area contributed by atoms with Gasteiger partial charge >= 0.3 is 5.97 Å². The van der Waals surface area contributed by atoms with Gasteiger partial charge in [0.25, 0.3) is 0 Å². The molecule has 4 aliphatic rings. The minimum absolute atomic E-state index is 0.0518. The van der Waals surface area contributed by atoms with Gasteiger partial charge in [-0.15, -0.1) is 0 Å². The van der Waals surface area contributed by atoms with Gasteiger partial charge in [-0.25, -0.2) is 0 Å². The highest BCUT2D eigenvalue weighted by Gasteiger charge is 2.60.